The fraction of sp³-hybridized carbons (Fsp3) is 0.263. The van der Waals surface area contributed by atoms with Gasteiger partial charge in [-0.2, -0.15) is 0 Å². The van der Waals surface area contributed by atoms with Crippen molar-refractivity contribution in [2.75, 3.05) is 23.9 Å². The van der Waals surface area contributed by atoms with Crippen LogP contribution in [0.15, 0.2) is 40.5 Å². The summed E-state index contributed by atoms with van der Waals surface area (Å²) in [6.07, 6.45) is 1.50. The first kappa shape index (κ1) is 21.2. The Hall–Kier alpha value is -2.52. The summed E-state index contributed by atoms with van der Waals surface area (Å²) in [5, 5.41) is 15.7. The summed E-state index contributed by atoms with van der Waals surface area (Å²) >= 11 is 5.81. The van der Waals surface area contributed by atoms with Crippen LogP contribution in [0.4, 0.5) is 14.5 Å². The number of hydrogen-bond acceptors (Lipinski definition) is 5. The second-order valence-corrected chi connectivity index (χ2v) is 9.35. The molecule has 1 heterocycles. The minimum atomic E-state index is -3.16. The van der Waals surface area contributed by atoms with Gasteiger partial charge >= 0.3 is 0 Å². The number of oxime groups is 1. The summed E-state index contributed by atoms with van der Waals surface area (Å²) in [7, 11) is -3.16. The van der Waals surface area contributed by atoms with Crippen LogP contribution in [0.2, 0.25) is 5.02 Å². The summed E-state index contributed by atoms with van der Waals surface area (Å²) < 4.78 is 50.1. The number of sulfone groups is 1. The molecule has 10 heteroatoms. The lowest BCUT2D eigenvalue weighted by Crippen LogP contribution is -2.12. The molecule has 0 amide bonds. The number of halogens is 3. The monoisotopic (exact) mass is 441 g/mol. The van der Waals surface area contributed by atoms with Gasteiger partial charge in [-0.25, -0.2) is 17.2 Å². The molecular weight excluding hydrogens is 424 g/mol. The van der Waals surface area contributed by atoms with Gasteiger partial charge in [0.1, 0.15) is 27.3 Å². The van der Waals surface area contributed by atoms with Crippen molar-refractivity contribution in [3.63, 3.8) is 0 Å². The molecule has 0 aliphatic carbocycles. The molecule has 0 saturated heterocycles. The van der Waals surface area contributed by atoms with Crippen molar-refractivity contribution >= 4 is 38.7 Å². The van der Waals surface area contributed by atoms with Crippen LogP contribution >= 0.6 is 11.6 Å². The van der Waals surface area contributed by atoms with Crippen molar-refractivity contribution in [3.8, 4) is 0 Å². The van der Waals surface area contributed by atoms with Crippen LogP contribution in [0.3, 0.4) is 0 Å². The first-order chi connectivity index (χ1) is 13.7. The SMILES string of the molecule is CS(=O)(=O)CCN=C1Cc2c(/C(Cc3ccc(F)c(Cl)c3)=N/O)ccc(F)c2N1. The van der Waals surface area contributed by atoms with Gasteiger partial charge < -0.3 is 10.5 Å². The fourth-order valence-electron chi connectivity index (χ4n) is 3.03. The summed E-state index contributed by atoms with van der Waals surface area (Å²) in [5.74, 6) is -0.741. The highest BCUT2D eigenvalue weighted by Gasteiger charge is 2.25. The lowest BCUT2D eigenvalue weighted by molar-refractivity contribution is 0.318. The van der Waals surface area contributed by atoms with Gasteiger partial charge in [-0.05, 0) is 35.4 Å². The zero-order chi connectivity index (χ0) is 21.2. The first-order valence-corrected chi connectivity index (χ1v) is 11.1. The van der Waals surface area contributed by atoms with E-state index in [0.717, 1.165) is 6.26 Å². The minimum absolute atomic E-state index is 0.0499. The molecule has 1 aliphatic rings. The number of amidine groups is 1. The van der Waals surface area contributed by atoms with Gasteiger partial charge in [-0.3, -0.25) is 4.99 Å². The maximum absolute atomic E-state index is 14.3. The number of rotatable bonds is 6. The van der Waals surface area contributed by atoms with E-state index in [1.807, 2.05) is 0 Å². The maximum Gasteiger partial charge on any atom is 0.149 e. The van der Waals surface area contributed by atoms with Crippen LogP contribution in [-0.4, -0.2) is 43.7 Å². The average Bonchev–Trinajstić information content (AvgIpc) is 3.07. The van der Waals surface area contributed by atoms with E-state index < -0.39 is 21.5 Å². The van der Waals surface area contributed by atoms with Crippen LogP contribution in [-0.2, 0) is 22.7 Å². The third-order valence-electron chi connectivity index (χ3n) is 4.43. The molecular formula is C19H18ClF2N3O3S. The van der Waals surface area contributed by atoms with E-state index in [9.17, 15) is 22.4 Å². The number of aliphatic imine (C=N–C) groups is 1. The molecule has 154 valence electrons. The largest absolute Gasteiger partial charge is 0.411 e. The van der Waals surface area contributed by atoms with E-state index in [2.05, 4.69) is 15.5 Å². The van der Waals surface area contributed by atoms with Crippen molar-refractivity contribution in [2.24, 2.45) is 10.1 Å². The molecule has 0 spiro atoms. The molecule has 0 unspecified atom stereocenters. The Bertz CT molecular complexity index is 1120. The number of anilines is 1. The predicted molar refractivity (Wildman–Crippen MR) is 109 cm³/mol. The molecule has 0 bridgehead atoms. The van der Waals surface area contributed by atoms with Crippen molar-refractivity contribution in [1.29, 1.82) is 0 Å². The van der Waals surface area contributed by atoms with Gasteiger partial charge in [0.25, 0.3) is 0 Å². The van der Waals surface area contributed by atoms with Gasteiger partial charge in [0.15, 0.2) is 0 Å². The van der Waals surface area contributed by atoms with E-state index in [1.54, 1.807) is 0 Å². The highest BCUT2D eigenvalue weighted by molar-refractivity contribution is 7.90. The fourth-order valence-corrected chi connectivity index (χ4v) is 3.66. The molecule has 0 aromatic heterocycles. The zero-order valence-electron chi connectivity index (χ0n) is 15.4. The maximum atomic E-state index is 14.3. The number of hydrogen-bond donors (Lipinski definition) is 2. The third kappa shape index (κ3) is 5.10. The van der Waals surface area contributed by atoms with Crippen molar-refractivity contribution < 1.29 is 22.4 Å². The second-order valence-electron chi connectivity index (χ2n) is 6.68. The molecule has 29 heavy (non-hydrogen) atoms. The van der Waals surface area contributed by atoms with E-state index in [0.29, 0.717) is 22.5 Å². The summed E-state index contributed by atoms with van der Waals surface area (Å²) in [4.78, 5) is 4.19. The Morgan fingerprint density at radius 2 is 1.97 bits per heavy atom. The van der Waals surface area contributed by atoms with Crippen molar-refractivity contribution in [1.82, 2.24) is 0 Å². The quantitative estimate of drug-likeness (QED) is 0.408. The minimum Gasteiger partial charge on any atom is -0.411 e. The Labute approximate surface area is 171 Å². The molecule has 6 nitrogen and oxygen atoms in total. The van der Waals surface area contributed by atoms with E-state index >= 15 is 0 Å². The van der Waals surface area contributed by atoms with Crippen molar-refractivity contribution in [2.45, 2.75) is 12.8 Å². The highest BCUT2D eigenvalue weighted by Crippen LogP contribution is 2.31. The Kier molecular flexibility index (Phi) is 6.18. The van der Waals surface area contributed by atoms with Gasteiger partial charge in [-0.1, -0.05) is 22.8 Å². The average molecular weight is 442 g/mol. The molecule has 2 aromatic rings. The summed E-state index contributed by atoms with van der Waals surface area (Å²) in [6, 6.07) is 6.91. The smallest absolute Gasteiger partial charge is 0.149 e. The zero-order valence-corrected chi connectivity index (χ0v) is 17.0. The van der Waals surface area contributed by atoms with E-state index in [-0.39, 0.29) is 41.6 Å². The van der Waals surface area contributed by atoms with Crippen molar-refractivity contribution in [3.05, 3.63) is 63.7 Å². The van der Waals surface area contributed by atoms with E-state index in [1.165, 1.54) is 30.3 Å². The van der Waals surface area contributed by atoms with Gasteiger partial charge in [-0.15, -0.1) is 0 Å². The predicted octanol–water partition coefficient (Wildman–Crippen LogP) is 3.45. The number of fused-ring (bicyclic) bond motifs is 1. The van der Waals surface area contributed by atoms with Crippen LogP contribution in [0, 0.1) is 11.6 Å². The van der Waals surface area contributed by atoms with Crippen LogP contribution in [0.5, 0.6) is 0 Å². The normalized spacial score (nSPS) is 15.4. The van der Waals surface area contributed by atoms with Gasteiger partial charge in [0.05, 0.1) is 28.7 Å². The molecule has 0 saturated carbocycles. The Balaban J connectivity index is 1.87. The highest BCUT2D eigenvalue weighted by atomic mass is 35.5. The molecule has 0 fully saturated rings. The topological polar surface area (TPSA) is 91.1 Å². The number of benzene rings is 2. The molecule has 2 aromatic carbocycles. The third-order valence-corrected chi connectivity index (χ3v) is 5.64. The summed E-state index contributed by atoms with van der Waals surface area (Å²) in [5.41, 5.74) is 2.13. The Morgan fingerprint density at radius 1 is 1.24 bits per heavy atom. The molecule has 1 aliphatic heterocycles. The van der Waals surface area contributed by atoms with Crippen LogP contribution in [0.1, 0.15) is 16.7 Å². The molecule has 0 atom stereocenters. The first-order valence-electron chi connectivity index (χ1n) is 8.62. The van der Waals surface area contributed by atoms with E-state index in [4.69, 9.17) is 11.6 Å². The second kappa shape index (κ2) is 8.46. The lowest BCUT2D eigenvalue weighted by atomic mass is 9.96. The molecule has 2 N–H and O–H groups in total. The van der Waals surface area contributed by atoms with Gasteiger partial charge in [0, 0.05) is 24.7 Å². The lowest BCUT2D eigenvalue weighted by Gasteiger charge is -2.10. The summed E-state index contributed by atoms with van der Waals surface area (Å²) in [6.45, 7) is 0.0567. The van der Waals surface area contributed by atoms with Gasteiger partial charge in [0.2, 0.25) is 0 Å². The molecule has 3 rings (SSSR count). The number of nitrogens with one attached hydrogen (secondary N) is 1. The standard InChI is InChI=1S/C19H18ClF2N3O3S/c1-29(27,28)7-6-23-18-10-13-12(3-5-16(22)19(13)24-18)17(25-26)9-11-2-4-15(21)14(20)8-11/h2-5,8,26H,6-7,9-10H2,1H3,(H,23,24)/b25-17+. The number of nitrogens with zero attached hydrogens (tertiary/aromatic N) is 2. The Morgan fingerprint density at radius 3 is 2.62 bits per heavy atom. The van der Waals surface area contributed by atoms with Crippen LogP contribution in [0.25, 0.3) is 0 Å². The van der Waals surface area contributed by atoms with Crippen LogP contribution < -0.4 is 5.32 Å². The molecule has 0 radical (unpaired) electrons.